The van der Waals surface area contributed by atoms with Gasteiger partial charge in [-0.1, -0.05) is 0 Å². The Hall–Kier alpha value is -3.82. The van der Waals surface area contributed by atoms with Crippen molar-refractivity contribution in [3.05, 3.63) is 76.2 Å². The number of aryl methyl sites for hydroxylation is 1. The zero-order valence-electron chi connectivity index (χ0n) is 24.6. The molecular formula is C30H32F7N5O3. The van der Waals surface area contributed by atoms with E-state index in [1.807, 2.05) is 4.90 Å². The van der Waals surface area contributed by atoms with Crippen molar-refractivity contribution in [2.24, 2.45) is 0 Å². The fourth-order valence-corrected chi connectivity index (χ4v) is 4.72. The molecule has 0 aliphatic carbocycles. The number of aromatic nitrogens is 2. The van der Waals surface area contributed by atoms with Gasteiger partial charge in [0.25, 0.3) is 5.91 Å². The molecule has 2 fully saturated rings. The molecule has 8 nitrogen and oxygen atoms in total. The fraction of sp³-hybridized carbons (Fsp3) is 0.433. The topological polar surface area (TPSA) is 79.8 Å². The minimum absolute atomic E-state index is 0.0267. The largest absolute Gasteiger partial charge is 0.416 e. The number of nitrogens with zero attached hydrogens (tertiary/aromatic N) is 4. The molecular weight excluding hydrogens is 611 g/mol. The number of benzene rings is 2. The van der Waals surface area contributed by atoms with Crippen LogP contribution in [0.4, 0.5) is 36.7 Å². The summed E-state index contributed by atoms with van der Waals surface area (Å²) in [5.74, 6) is -0.953. The number of hydrogen-bond acceptors (Lipinski definition) is 7. The van der Waals surface area contributed by atoms with Gasteiger partial charge in [-0.15, -0.1) is 0 Å². The second-order valence-electron chi connectivity index (χ2n) is 10.4. The van der Waals surface area contributed by atoms with Gasteiger partial charge < -0.3 is 24.6 Å². The summed E-state index contributed by atoms with van der Waals surface area (Å²) in [6, 6.07) is 5.06. The van der Waals surface area contributed by atoms with Crippen molar-refractivity contribution in [1.29, 1.82) is 0 Å². The molecule has 0 spiro atoms. The lowest BCUT2D eigenvalue weighted by atomic mass is 10.0. The summed E-state index contributed by atoms with van der Waals surface area (Å²) in [6.07, 6.45) is -8.79. The third-order valence-corrected chi connectivity index (χ3v) is 7.00. The van der Waals surface area contributed by atoms with E-state index in [4.69, 9.17) is 9.47 Å². The average molecular weight is 644 g/mol. The lowest BCUT2D eigenvalue weighted by molar-refractivity contribution is -0.143. The third kappa shape index (κ3) is 9.11. The lowest BCUT2D eigenvalue weighted by Crippen LogP contribution is -2.37. The van der Waals surface area contributed by atoms with Crippen LogP contribution in [0.5, 0.6) is 0 Å². The Balaban J connectivity index is 0.000000687. The number of rotatable bonds is 5. The number of morpholine rings is 2. The fourth-order valence-electron chi connectivity index (χ4n) is 4.72. The molecule has 1 aromatic heterocycles. The molecule has 45 heavy (non-hydrogen) atoms. The van der Waals surface area contributed by atoms with Gasteiger partial charge in [0, 0.05) is 51.5 Å². The van der Waals surface area contributed by atoms with Crippen LogP contribution in [-0.4, -0.2) is 80.4 Å². The van der Waals surface area contributed by atoms with Gasteiger partial charge in [0.2, 0.25) is 5.95 Å². The van der Waals surface area contributed by atoms with E-state index in [1.54, 1.807) is 6.92 Å². The normalized spacial score (nSPS) is 15.7. The van der Waals surface area contributed by atoms with Crippen LogP contribution < -0.4 is 10.2 Å². The maximum atomic E-state index is 13.8. The zero-order chi connectivity index (χ0) is 32.8. The summed E-state index contributed by atoms with van der Waals surface area (Å²) in [6.45, 7) is 6.76. The molecule has 15 heteroatoms. The molecule has 0 radical (unpaired) electrons. The van der Waals surface area contributed by atoms with E-state index in [2.05, 4.69) is 15.3 Å². The predicted molar refractivity (Wildman–Crippen MR) is 151 cm³/mol. The number of nitrogens with one attached hydrogen (secondary N) is 1. The molecule has 0 bridgehead atoms. The summed E-state index contributed by atoms with van der Waals surface area (Å²) >= 11 is 0. The van der Waals surface area contributed by atoms with Crippen LogP contribution >= 0.6 is 0 Å². The van der Waals surface area contributed by atoms with Crippen molar-refractivity contribution in [1.82, 2.24) is 20.2 Å². The van der Waals surface area contributed by atoms with Crippen LogP contribution in [0.3, 0.4) is 0 Å². The van der Waals surface area contributed by atoms with Crippen LogP contribution in [0.15, 0.2) is 42.6 Å². The lowest BCUT2D eigenvalue weighted by Gasteiger charge is -2.27. The molecule has 0 saturated carbocycles. The molecule has 1 N–H and O–H groups in total. The standard InChI is InChI=1S/C26H23F7N4O2.C4H9NO/c1-15-9-19(27)3-4-20(15)22-21(13-34-24(35-22)37-5-7-39-8-6-37)23(38)36(2)14-16-10-17(25(28,29)30)12-18(11-16)26(31,32)33;1-3-6-4-2-5-1/h3-4,9-13H,5-8,14H2,1-2H3;5H,1-4H2. The van der Waals surface area contributed by atoms with Gasteiger partial charge in [-0.05, 0) is 54.4 Å². The molecule has 0 unspecified atom stereocenters. The van der Waals surface area contributed by atoms with E-state index < -0.39 is 41.7 Å². The first-order valence-corrected chi connectivity index (χ1v) is 14.0. The molecule has 1 amide bonds. The summed E-state index contributed by atoms with van der Waals surface area (Å²) in [7, 11) is 1.24. The molecule has 5 rings (SSSR count). The van der Waals surface area contributed by atoms with Crippen LogP contribution in [0.1, 0.15) is 32.6 Å². The van der Waals surface area contributed by atoms with Crippen molar-refractivity contribution < 1.29 is 45.0 Å². The molecule has 3 aromatic rings. The van der Waals surface area contributed by atoms with E-state index in [-0.39, 0.29) is 22.9 Å². The van der Waals surface area contributed by atoms with Gasteiger partial charge in [0.15, 0.2) is 0 Å². The minimum Gasteiger partial charge on any atom is -0.379 e. The SMILES string of the molecule is C1COCCN1.Cc1cc(F)ccc1-c1nc(N2CCOCC2)ncc1C(=O)N(C)Cc1cc(C(F)(F)F)cc(C(F)(F)F)c1. The first-order chi connectivity index (χ1) is 21.2. The first kappa shape index (κ1) is 34.1. The van der Waals surface area contributed by atoms with Crippen LogP contribution in [-0.2, 0) is 28.4 Å². The van der Waals surface area contributed by atoms with E-state index in [1.165, 1.54) is 31.4 Å². The Bertz CT molecular complexity index is 1430. The Kier molecular flexibility index (Phi) is 11.0. The number of halogens is 7. The number of amides is 1. The average Bonchev–Trinajstić information content (AvgIpc) is 3.01. The first-order valence-electron chi connectivity index (χ1n) is 14.0. The molecule has 2 aliphatic rings. The number of carbonyl (C=O) groups is 1. The Morgan fingerprint density at radius 3 is 2.04 bits per heavy atom. The number of ether oxygens (including phenoxy) is 2. The third-order valence-electron chi connectivity index (χ3n) is 7.00. The van der Waals surface area contributed by atoms with Gasteiger partial charge in [0.1, 0.15) is 5.82 Å². The second-order valence-corrected chi connectivity index (χ2v) is 10.4. The molecule has 2 aliphatic heterocycles. The van der Waals surface area contributed by atoms with Gasteiger partial charge >= 0.3 is 12.4 Å². The summed E-state index contributed by atoms with van der Waals surface area (Å²) < 4.78 is 104. The summed E-state index contributed by atoms with van der Waals surface area (Å²) in [5.41, 5.74) is -2.33. The minimum atomic E-state index is -5.02. The van der Waals surface area contributed by atoms with Crippen molar-refractivity contribution >= 4 is 11.9 Å². The molecule has 3 heterocycles. The quantitative estimate of drug-likeness (QED) is 0.376. The number of alkyl halides is 6. The monoisotopic (exact) mass is 643 g/mol. The van der Waals surface area contributed by atoms with E-state index >= 15 is 0 Å². The highest BCUT2D eigenvalue weighted by Gasteiger charge is 2.37. The van der Waals surface area contributed by atoms with Gasteiger partial charge in [-0.2, -0.15) is 26.3 Å². The van der Waals surface area contributed by atoms with Gasteiger partial charge in [0.05, 0.1) is 48.8 Å². The van der Waals surface area contributed by atoms with E-state index in [9.17, 15) is 35.5 Å². The predicted octanol–water partition coefficient (Wildman–Crippen LogP) is 5.34. The Labute approximate surface area is 255 Å². The highest BCUT2D eigenvalue weighted by molar-refractivity contribution is 6.00. The zero-order valence-corrected chi connectivity index (χ0v) is 24.6. The van der Waals surface area contributed by atoms with Crippen LogP contribution in [0.25, 0.3) is 11.3 Å². The van der Waals surface area contributed by atoms with Crippen LogP contribution in [0.2, 0.25) is 0 Å². The molecule has 0 atom stereocenters. The Morgan fingerprint density at radius 1 is 0.933 bits per heavy atom. The number of carbonyl (C=O) groups excluding carboxylic acids is 1. The van der Waals surface area contributed by atoms with Crippen molar-refractivity contribution in [3.8, 4) is 11.3 Å². The second kappa shape index (κ2) is 14.5. The van der Waals surface area contributed by atoms with E-state index in [0.717, 1.165) is 31.2 Å². The van der Waals surface area contributed by atoms with Crippen LogP contribution in [0, 0.1) is 12.7 Å². The summed E-state index contributed by atoms with van der Waals surface area (Å²) in [4.78, 5) is 25.1. The maximum absolute atomic E-state index is 13.8. The number of hydrogen-bond donors (Lipinski definition) is 1. The molecule has 2 saturated heterocycles. The van der Waals surface area contributed by atoms with E-state index in [0.29, 0.717) is 55.5 Å². The van der Waals surface area contributed by atoms with Gasteiger partial charge in [-0.25, -0.2) is 14.4 Å². The van der Waals surface area contributed by atoms with Crippen molar-refractivity contribution in [2.75, 3.05) is 64.6 Å². The molecule has 2 aromatic carbocycles. The number of anilines is 1. The van der Waals surface area contributed by atoms with Gasteiger partial charge in [-0.3, -0.25) is 4.79 Å². The molecule has 244 valence electrons. The highest BCUT2D eigenvalue weighted by Crippen LogP contribution is 2.37. The van der Waals surface area contributed by atoms with Crippen molar-refractivity contribution in [2.45, 2.75) is 25.8 Å². The Morgan fingerprint density at radius 2 is 1.53 bits per heavy atom. The highest BCUT2D eigenvalue weighted by atomic mass is 19.4. The maximum Gasteiger partial charge on any atom is 0.416 e. The van der Waals surface area contributed by atoms with Crippen molar-refractivity contribution in [3.63, 3.8) is 0 Å². The summed E-state index contributed by atoms with van der Waals surface area (Å²) in [5, 5.41) is 3.16. The smallest absolute Gasteiger partial charge is 0.379 e.